The highest BCUT2D eigenvalue weighted by molar-refractivity contribution is 9.10. The Balaban J connectivity index is 1.67. The second-order valence-electron chi connectivity index (χ2n) is 9.26. The summed E-state index contributed by atoms with van der Waals surface area (Å²) in [5, 5.41) is 8.39. The standard InChI is InChI=1S/C29H29BrClN5O3/c1-5-18(2)28-34-25-13-7-20(30)14-24(25)29(38)36(28)32-16-19-6-12-23(35(3)4)15-26(19)39-17-27(37)33-22-10-8-21(31)9-11-22/h6-16,18H,5,17H2,1-4H3,(H,33,37)/t18-/m1/s1. The fraction of sp³-hybridized carbons (Fsp3) is 0.241. The van der Waals surface area contributed by atoms with Crippen LogP contribution in [0.2, 0.25) is 5.02 Å². The van der Waals surface area contributed by atoms with E-state index >= 15 is 0 Å². The summed E-state index contributed by atoms with van der Waals surface area (Å²) in [6.07, 6.45) is 2.35. The second-order valence-corrected chi connectivity index (χ2v) is 10.6. The first-order chi connectivity index (χ1) is 18.7. The van der Waals surface area contributed by atoms with Crippen molar-refractivity contribution in [3.63, 3.8) is 0 Å². The molecule has 3 aromatic carbocycles. The largest absolute Gasteiger partial charge is 0.483 e. The van der Waals surface area contributed by atoms with Crippen LogP contribution in [0.3, 0.4) is 0 Å². The summed E-state index contributed by atoms with van der Waals surface area (Å²) in [7, 11) is 3.83. The van der Waals surface area contributed by atoms with E-state index in [-0.39, 0.29) is 24.0 Å². The summed E-state index contributed by atoms with van der Waals surface area (Å²) in [5.41, 5.74) is 2.47. The number of aromatic nitrogens is 2. The van der Waals surface area contributed by atoms with Gasteiger partial charge in [0.1, 0.15) is 11.6 Å². The fourth-order valence-corrected chi connectivity index (χ4v) is 4.29. The molecule has 0 fully saturated rings. The zero-order chi connectivity index (χ0) is 28.1. The number of amides is 1. The van der Waals surface area contributed by atoms with Crippen LogP contribution in [0.1, 0.15) is 37.6 Å². The Morgan fingerprint density at radius 3 is 2.62 bits per heavy atom. The van der Waals surface area contributed by atoms with E-state index in [1.807, 2.05) is 63.2 Å². The molecular formula is C29H29BrClN5O3. The van der Waals surface area contributed by atoms with Gasteiger partial charge in [-0.15, -0.1) is 0 Å². The molecule has 4 aromatic rings. The minimum absolute atomic E-state index is 0.00583. The summed E-state index contributed by atoms with van der Waals surface area (Å²) >= 11 is 9.36. The molecule has 1 heterocycles. The van der Waals surface area contributed by atoms with Gasteiger partial charge in [-0.3, -0.25) is 9.59 Å². The van der Waals surface area contributed by atoms with Crippen LogP contribution >= 0.6 is 27.5 Å². The minimum Gasteiger partial charge on any atom is -0.483 e. The Hall–Kier alpha value is -3.69. The van der Waals surface area contributed by atoms with Gasteiger partial charge in [-0.1, -0.05) is 41.4 Å². The average molecular weight is 611 g/mol. The fourth-order valence-electron chi connectivity index (χ4n) is 3.81. The molecular weight excluding hydrogens is 582 g/mol. The van der Waals surface area contributed by atoms with Crippen LogP contribution in [0.25, 0.3) is 10.9 Å². The van der Waals surface area contributed by atoms with E-state index in [2.05, 4.69) is 26.3 Å². The number of ether oxygens (including phenoxy) is 1. The molecule has 202 valence electrons. The van der Waals surface area contributed by atoms with Crippen molar-refractivity contribution in [3.05, 3.63) is 91.9 Å². The topological polar surface area (TPSA) is 88.8 Å². The maximum Gasteiger partial charge on any atom is 0.282 e. The number of anilines is 2. The van der Waals surface area contributed by atoms with E-state index in [4.69, 9.17) is 21.3 Å². The van der Waals surface area contributed by atoms with Crippen LogP contribution in [0, 0.1) is 0 Å². The number of fused-ring (bicyclic) bond motifs is 1. The Kier molecular flexibility index (Phi) is 9.04. The number of carbonyl (C=O) groups is 1. The zero-order valence-corrected chi connectivity index (χ0v) is 24.5. The van der Waals surface area contributed by atoms with Gasteiger partial charge in [-0.25, -0.2) is 4.98 Å². The third-order valence-corrected chi connectivity index (χ3v) is 6.94. The molecule has 1 amide bonds. The molecule has 0 unspecified atom stereocenters. The van der Waals surface area contributed by atoms with E-state index in [1.165, 1.54) is 4.68 Å². The lowest BCUT2D eigenvalue weighted by molar-refractivity contribution is -0.118. The van der Waals surface area contributed by atoms with E-state index < -0.39 is 0 Å². The minimum atomic E-state index is -0.324. The van der Waals surface area contributed by atoms with E-state index in [9.17, 15) is 9.59 Å². The van der Waals surface area contributed by atoms with Crippen molar-refractivity contribution >= 4 is 61.9 Å². The summed E-state index contributed by atoms with van der Waals surface area (Å²) < 4.78 is 8.06. The third kappa shape index (κ3) is 6.85. The average Bonchev–Trinajstić information content (AvgIpc) is 2.92. The molecule has 0 aliphatic heterocycles. The van der Waals surface area contributed by atoms with Gasteiger partial charge in [-0.05, 0) is 61.0 Å². The normalized spacial score (nSPS) is 12.1. The first-order valence-corrected chi connectivity index (χ1v) is 13.6. The number of rotatable bonds is 9. The van der Waals surface area contributed by atoms with Crippen molar-refractivity contribution in [2.45, 2.75) is 26.2 Å². The number of hydrogen-bond acceptors (Lipinski definition) is 6. The molecule has 1 atom stereocenters. The summed E-state index contributed by atoms with van der Waals surface area (Å²) in [4.78, 5) is 32.7. The first kappa shape index (κ1) is 28.3. The van der Waals surface area contributed by atoms with Crippen LogP contribution < -0.4 is 20.5 Å². The SMILES string of the molecule is CC[C@@H](C)c1nc2ccc(Br)cc2c(=O)n1N=Cc1ccc(N(C)C)cc1OCC(=O)Nc1ccc(Cl)cc1. The first-order valence-electron chi connectivity index (χ1n) is 12.4. The van der Waals surface area contributed by atoms with Crippen molar-refractivity contribution in [2.75, 3.05) is 30.9 Å². The van der Waals surface area contributed by atoms with Crippen LogP contribution in [0.5, 0.6) is 5.75 Å². The van der Waals surface area contributed by atoms with E-state index in [0.29, 0.717) is 38.8 Å². The van der Waals surface area contributed by atoms with E-state index in [1.54, 1.807) is 36.5 Å². The van der Waals surface area contributed by atoms with Gasteiger partial charge in [-0.2, -0.15) is 9.78 Å². The quantitative estimate of drug-likeness (QED) is 0.225. The van der Waals surface area contributed by atoms with Crippen LogP contribution in [-0.2, 0) is 4.79 Å². The van der Waals surface area contributed by atoms with Gasteiger partial charge < -0.3 is 15.0 Å². The zero-order valence-electron chi connectivity index (χ0n) is 22.1. The Labute approximate surface area is 240 Å². The van der Waals surface area contributed by atoms with Crippen LogP contribution in [0.15, 0.2) is 75.0 Å². The number of hydrogen-bond donors (Lipinski definition) is 1. The summed E-state index contributed by atoms with van der Waals surface area (Å²) in [6.45, 7) is 3.83. The number of nitrogens with zero attached hydrogens (tertiary/aromatic N) is 4. The molecule has 1 N–H and O–H groups in total. The molecule has 39 heavy (non-hydrogen) atoms. The van der Waals surface area contributed by atoms with Crippen molar-refractivity contribution in [1.29, 1.82) is 0 Å². The Morgan fingerprint density at radius 1 is 1.18 bits per heavy atom. The van der Waals surface area contributed by atoms with Gasteiger partial charge in [0.05, 0.1) is 17.1 Å². The number of nitrogens with one attached hydrogen (secondary N) is 1. The Bertz CT molecular complexity index is 1580. The van der Waals surface area contributed by atoms with Gasteiger partial charge in [0.2, 0.25) is 0 Å². The monoisotopic (exact) mass is 609 g/mol. The number of carbonyl (C=O) groups excluding carboxylic acids is 1. The Morgan fingerprint density at radius 2 is 1.92 bits per heavy atom. The van der Waals surface area contributed by atoms with Gasteiger partial charge >= 0.3 is 0 Å². The number of benzene rings is 3. The van der Waals surface area contributed by atoms with Gasteiger partial charge in [0.25, 0.3) is 11.5 Å². The molecule has 8 nitrogen and oxygen atoms in total. The molecule has 0 radical (unpaired) electrons. The van der Waals surface area contributed by atoms with Gasteiger partial charge in [0.15, 0.2) is 6.61 Å². The van der Waals surface area contributed by atoms with E-state index in [0.717, 1.165) is 16.6 Å². The molecule has 0 aliphatic carbocycles. The summed E-state index contributed by atoms with van der Waals surface area (Å²) in [5.74, 6) is 0.704. The van der Waals surface area contributed by atoms with Crippen molar-refractivity contribution in [1.82, 2.24) is 9.66 Å². The summed E-state index contributed by atoms with van der Waals surface area (Å²) in [6, 6.07) is 17.8. The maximum atomic E-state index is 13.5. The van der Waals surface area contributed by atoms with Crippen molar-refractivity contribution in [3.8, 4) is 5.75 Å². The molecule has 1 aromatic heterocycles. The highest BCUT2D eigenvalue weighted by Crippen LogP contribution is 2.25. The third-order valence-electron chi connectivity index (χ3n) is 6.20. The highest BCUT2D eigenvalue weighted by Gasteiger charge is 2.16. The smallest absolute Gasteiger partial charge is 0.282 e. The second kappa shape index (κ2) is 12.4. The molecule has 4 rings (SSSR count). The lowest BCUT2D eigenvalue weighted by Crippen LogP contribution is -2.24. The lowest BCUT2D eigenvalue weighted by Gasteiger charge is -2.16. The molecule has 0 saturated heterocycles. The number of halogens is 2. The molecule has 10 heteroatoms. The molecule has 0 saturated carbocycles. The molecule has 0 aliphatic rings. The van der Waals surface area contributed by atoms with Crippen LogP contribution in [-0.4, -0.2) is 42.5 Å². The van der Waals surface area contributed by atoms with Gasteiger partial charge in [0, 0.05) is 52.5 Å². The lowest BCUT2D eigenvalue weighted by atomic mass is 10.1. The molecule has 0 bridgehead atoms. The van der Waals surface area contributed by atoms with Crippen molar-refractivity contribution < 1.29 is 9.53 Å². The predicted molar refractivity (Wildman–Crippen MR) is 162 cm³/mol. The van der Waals surface area contributed by atoms with Crippen molar-refractivity contribution in [2.24, 2.45) is 5.10 Å². The maximum absolute atomic E-state index is 13.5. The predicted octanol–water partition coefficient (Wildman–Crippen LogP) is 6.29. The van der Waals surface area contributed by atoms with Crippen LogP contribution in [0.4, 0.5) is 11.4 Å². The molecule has 0 spiro atoms. The highest BCUT2D eigenvalue weighted by atomic mass is 79.9.